The predicted octanol–water partition coefficient (Wildman–Crippen LogP) is 0.966. The highest BCUT2D eigenvalue weighted by atomic mass is 32.2. The third kappa shape index (κ3) is 2.87. The zero-order valence-electron chi connectivity index (χ0n) is 7.58. The summed E-state index contributed by atoms with van der Waals surface area (Å²) in [7, 11) is 1.94. The van der Waals surface area contributed by atoms with Crippen molar-refractivity contribution in [3.8, 4) is 0 Å². The van der Waals surface area contributed by atoms with Crippen LogP contribution in [0.25, 0.3) is 0 Å². The summed E-state index contributed by atoms with van der Waals surface area (Å²) < 4.78 is 1.99. The van der Waals surface area contributed by atoms with Crippen LogP contribution in [0.3, 0.4) is 0 Å². The zero-order chi connectivity index (χ0) is 8.81. The number of hydrogen-bond acceptors (Lipinski definition) is 3. The first kappa shape index (κ1) is 9.61. The summed E-state index contributed by atoms with van der Waals surface area (Å²) >= 11 is 1.84. The van der Waals surface area contributed by atoms with E-state index in [0.29, 0.717) is 0 Å². The highest BCUT2D eigenvalue weighted by molar-refractivity contribution is 7.98. The molecule has 1 heterocycles. The molecule has 1 aromatic rings. The molecule has 1 aromatic heterocycles. The van der Waals surface area contributed by atoms with Crippen molar-refractivity contribution in [2.75, 3.05) is 19.1 Å². The Morgan fingerprint density at radius 1 is 1.67 bits per heavy atom. The summed E-state index contributed by atoms with van der Waals surface area (Å²) in [6.07, 6.45) is 6.11. The Morgan fingerprint density at radius 2 is 2.50 bits per heavy atom. The minimum atomic E-state index is 0.902. The Hall–Kier alpha value is -0.480. The molecule has 68 valence electrons. The predicted molar refractivity (Wildman–Crippen MR) is 53.4 cm³/mol. The van der Waals surface area contributed by atoms with E-state index in [4.69, 9.17) is 0 Å². The summed E-state index contributed by atoms with van der Waals surface area (Å²) in [6.45, 7) is 1.91. The Labute approximate surface area is 77.5 Å². The van der Waals surface area contributed by atoms with E-state index in [1.165, 1.54) is 5.56 Å². The number of rotatable bonds is 5. The fourth-order valence-electron chi connectivity index (χ4n) is 1.01. The molecule has 0 unspecified atom stereocenters. The summed E-state index contributed by atoms with van der Waals surface area (Å²) in [5.74, 6) is 1.13. The van der Waals surface area contributed by atoms with E-state index in [9.17, 15) is 0 Å². The second-order valence-corrected chi connectivity index (χ2v) is 3.62. The van der Waals surface area contributed by atoms with Crippen LogP contribution >= 0.6 is 11.8 Å². The van der Waals surface area contributed by atoms with Gasteiger partial charge in [-0.25, -0.2) is 0 Å². The van der Waals surface area contributed by atoms with Crippen molar-refractivity contribution in [3.05, 3.63) is 18.0 Å². The van der Waals surface area contributed by atoms with Gasteiger partial charge < -0.3 is 5.32 Å². The lowest BCUT2D eigenvalue weighted by Crippen LogP contribution is -2.04. The van der Waals surface area contributed by atoms with Gasteiger partial charge in [-0.2, -0.15) is 16.9 Å². The average molecular weight is 185 g/mol. The van der Waals surface area contributed by atoms with Crippen LogP contribution in [0, 0.1) is 0 Å². The molecule has 1 N–H and O–H groups in total. The lowest BCUT2D eigenvalue weighted by Gasteiger charge is -1.97. The van der Waals surface area contributed by atoms with Crippen molar-refractivity contribution in [2.45, 2.75) is 13.1 Å². The molecule has 0 radical (unpaired) electrons. The molecule has 1 rings (SSSR count). The third-order valence-electron chi connectivity index (χ3n) is 1.59. The lowest BCUT2D eigenvalue weighted by molar-refractivity contribution is 0.665. The second kappa shape index (κ2) is 5.22. The number of nitrogens with zero attached hydrogens (tertiary/aromatic N) is 2. The summed E-state index contributed by atoms with van der Waals surface area (Å²) in [4.78, 5) is 0. The molecule has 0 saturated heterocycles. The minimum Gasteiger partial charge on any atom is -0.316 e. The fourth-order valence-corrected chi connectivity index (χ4v) is 1.38. The van der Waals surface area contributed by atoms with Gasteiger partial charge in [-0.15, -0.1) is 0 Å². The fraction of sp³-hybridized carbons (Fsp3) is 0.625. The monoisotopic (exact) mass is 185 g/mol. The summed E-state index contributed by atoms with van der Waals surface area (Å²) in [5, 5.41) is 7.33. The maximum atomic E-state index is 4.24. The standard InChI is InChI=1S/C8H15N3S/c1-9-5-8-6-10-11(7-8)3-4-12-2/h6-7,9H,3-5H2,1-2H3. The van der Waals surface area contributed by atoms with E-state index in [2.05, 4.69) is 22.9 Å². The number of hydrogen-bond donors (Lipinski definition) is 1. The van der Waals surface area contributed by atoms with Crippen molar-refractivity contribution in [3.63, 3.8) is 0 Å². The van der Waals surface area contributed by atoms with Crippen molar-refractivity contribution in [1.82, 2.24) is 15.1 Å². The maximum Gasteiger partial charge on any atom is 0.0534 e. The molecule has 3 nitrogen and oxygen atoms in total. The Kier molecular flexibility index (Phi) is 4.18. The van der Waals surface area contributed by atoms with Gasteiger partial charge in [-0.05, 0) is 13.3 Å². The van der Waals surface area contributed by atoms with Gasteiger partial charge in [0.05, 0.1) is 6.20 Å². The van der Waals surface area contributed by atoms with Gasteiger partial charge in [-0.3, -0.25) is 4.68 Å². The van der Waals surface area contributed by atoms with Gasteiger partial charge in [-0.1, -0.05) is 0 Å². The lowest BCUT2D eigenvalue weighted by atomic mass is 10.4. The Bertz CT molecular complexity index is 222. The van der Waals surface area contributed by atoms with Gasteiger partial charge in [0.15, 0.2) is 0 Å². The highest BCUT2D eigenvalue weighted by Gasteiger charge is 1.95. The topological polar surface area (TPSA) is 29.9 Å². The first-order chi connectivity index (χ1) is 5.86. The van der Waals surface area contributed by atoms with Crippen LogP contribution in [0.1, 0.15) is 5.56 Å². The molecule has 12 heavy (non-hydrogen) atoms. The summed E-state index contributed by atoms with van der Waals surface area (Å²) in [5.41, 5.74) is 1.25. The first-order valence-corrected chi connectivity index (χ1v) is 5.41. The van der Waals surface area contributed by atoms with Crippen LogP contribution < -0.4 is 5.32 Å². The third-order valence-corrected chi connectivity index (χ3v) is 2.18. The number of thioether (sulfide) groups is 1. The zero-order valence-corrected chi connectivity index (χ0v) is 8.40. The molecule has 0 fully saturated rings. The van der Waals surface area contributed by atoms with Gasteiger partial charge in [0.1, 0.15) is 0 Å². The van der Waals surface area contributed by atoms with Crippen molar-refractivity contribution in [1.29, 1.82) is 0 Å². The maximum absolute atomic E-state index is 4.24. The van der Waals surface area contributed by atoms with Gasteiger partial charge >= 0.3 is 0 Å². The molecule has 0 aliphatic rings. The van der Waals surface area contributed by atoms with Gasteiger partial charge in [0.25, 0.3) is 0 Å². The highest BCUT2D eigenvalue weighted by Crippen LogP contribution is 1.99. The molecule has 4 heteroatoms. The second-order valence-electron chi connectivity index (χ2n) is 2.63. The van der Waals surface area contributed by atoms with Crippen LogP contribution in [0.5, 0.6) is 0 Å². The van der Waals surface area contributed by atoms with Crippen molar-refractivity contribution < 1.29 is 0 Å². The van der Waals surface area contributed by atoms with E-state index in [0.717, 1.165) is 18.8 Å². The number of aromatic nitrogens is 2. The van der Waals surface area contributed by atoms with E-state index in [1.807, 2.05) is 29.7 Å². The molecule has 0 spiro atoms. The van der Waals surface area contributed by atoms with Gasteiger partial charge in [0, 0.05) is 30.6 Å². The molecule has 0 bridgehead atoms. The normalized spacial score (nSPS) is 10.5. The van der Waals surface area contributed by atoms with Crippen molar-refractivity contribution >= 4 is 11.8 Å². The first-order valence-electron chi connectivity index (χ1n) is 4.01. The average Bonchev–Trinajstić information content (AvgIpc) is 2.50. The molecule has 0 aliphatic carbocycles. The molecule has 0 aromatic carbocycles. The minimum absolute atomic E-state index is 0.902. The van der Waals surface area contributed by atoms with Crippen LogP contribution in [-0.2, 0) is 13.1 Å². The van der Waals surface area contributed by atoms with E-state index in [-0.39, 0.29) is 0 Å². The molecule has 0 atom stereocenters. The van der Waals surface area contributed by atoms with Crippen molar-refractivity contribution in [2.24, 2.45) is 0 Å². The molecule has 0 amide bonds. The Morgan fingerprint density at radius 3 is 3.17 bits per heavy atom. The van der Waals surface area contributed by atoms with E-state index < -0.39 is 0 Å². The van der Waals surface area contributed by atoms with Gasteiger partial charge in [0.2, 0.25) is 0 Å². The molecule has 0 aliphatic heterocycles. The number of aryl methyl sites for hydroxylation is 1. The van der Waals surface area contributed by atoms with E-state index in [1.54, 1.807) is 0 Å². The SMILES string of the molecule is CNCc1cnn(CCSC)c1. The van der Waals surface area contributed by atoms with E-state index >= 15 is 0 Å². The quantitative estimate of drug-likeness (QED) is 0.741. The largest absolute Gasteiger partial charge is 0.316 e. The molecule has 0 saturated carbocycles. The molecular weight excluding hydrogens is 170 g/mol. The van der Waals surface area contributed by atoms with Crippen LogP contribution in [-0.4, -0.2) is 28.8 Å². The van der Waals surface area contributed by atoms with Crippen LogP contribution in [0.4, 0.5) is 0 Å². The van der Waals surface area contributed by atoms with Crippen LogP contribution in [0.2, 0.25) is 0 Å². The van der Waals surface area contributed by atoms with Crippen LogP contribution in [0.15, 0.2) is 12.4 Å². The molecular formula is C8H15N3S. The summed E-state index contributed by atoms with van der Waals surface area (Å²) in [6, 6.07) is 0. The smallest absolute Gasteiger partial charge is 0.0534 e. The number of nitrogens with one attached hydrogen (secondary N) is 1. The Balaban J connectivity index is 2.41.